The summed E-state index contributed by atoms with van der Waals surface area (Å²) in [6.45, 7) is 3.01. The molecule has 2 nitrogen and oxygen atoms in total. The Morgan fingerprint density at radius 1 is 1.10 bits per heavy atom. The van der Waals surface area contributed by atoms with Crippen molar-refractivity contribution in [2.45, 2.75) is 32.5 Å². The first kappa shape index (κ1) is 15.0. The highest BCUT2D eigenvalue weighted by molar-refractivity contribution is 6.30. The Morgan fingerprint density at radius 3 is 2.55 bits per heavy atom. The van der Waals surface area contributed by atoms with Crippen molar-refractivity contribution >= 4 is 11.6 Å². The smallest absolute Gasteiger partial charge is 0.0681 e. The van der Waals surface area contributed by atoms with Gasteiger partial charge in [-0.1, -0.05) is 54.9 Å². The molecule has 0 spiro atoms. The number of aliphatic hydroxyl groups is 1. The number of aliphatic hydroxyl groups excluding tert-OH is 1. The van der Waals surface area contributed by atoms with Crippen molar-refractivity contribution in [3.63, 3.8) is 0 Å². The van der Waals surface area contributed by atoms with Crippen molar-refractivity contribution in [2.75, 3.05) is 0 Å². The van der Waals surface area contributed by atoms with Crippen LogP contribution in [0.15, 0.2) is 48.5 Å². The van der Waals surface area contributed by atoms with Gasteiger partial charge in [-0.3, -0.25) is 0 Å². The summed E-state index contributed by atoms with van der Waals surface area (Å²) >= 11 is 6.05. The van der Waals surface area contributed by atoms with Gasteiger partial charge in [0.05, 0.1) is 6.61 Å². The van der Waals surface area contributed by atoms with Gasteiger partial charge in [-0.15, -0.1) is 0 Å². The normalized spacial score (nSPS) is 12.3. The van der Waals surface area contributed by atoms with E-state index in [9.17, 15) is 0 Å². The average molecular weight is 290 g/mol. The number of hydrogen-bond donors (Lipinski definition) is 2. The molecule has 0 aliphatic heterocycles. The van der Waals surface area contributed by atoms with Crippen molar-refractivity contribution in [3.8, 4) is 0 Å². The van der Waals surface area contributed by atoms with E-state index in [0.717, 1.165) is 23.6 Å². The molecule has 0 heterocycles. The van der Waals surface area contributed by atoms with E-state index < -0.39 is 0 Å². The van der Waals surface area contributed by atoms with E-state index in [0.29, 0.717) is 0 Å². The van der Waals surface area contributed by atoms with Crippen LogP contribution in [-0.4, -0.2) is 5.11 Å². The summed E-state index contributed by atoms with van der Waals surface area (Å²) in [5.74, 6) is 0. The van der Waals surface area contributed by atoms with Gasteiger partial charge in [0.15, 0.2) is 0 Å². The van der Waals surface area contributed by atoms with Crippen LogP contribution < -0.4 is 5.32 Å². The van der Waals surface area contributed by atoms with Gasteiger partial charge < -0.3 is 10.4 Å². The number of benzene rings is 2. The predicted molar refractivity (Wildman–Crippen MR) is 83.7 cm³/mol. The van der Waals surface area contributed by atoms with Gasteiger partial charge in [-0.05, 0) is 35.2 Å². The van der Waals surface area contributed by atoms with E-state index in [-0.39, 0.29) is 12.6 Å². The molecule has 20 heavy (non-hydrogen) atoms. The number of halogens is 1. The molecule has 1 unspecified atom stereocenters. The first-order chi connectivity index (χ1) is 9.72. The molecule has 0 radical (unpaired) electrons. The van der Waals surface area contributed by atoms with Crippen molar-refractivity contribution in [1.82, 2.24) is 5.32 Å². The van der Waals surface area contributed by atoms with Gasteiger partial charge in [0, 0.05) is 17.6 Å². The summed E-state index contributed by atoms with van der Waals surface area (Å²) in [7, 11) is 0. The van der Waals surface area contributed by atoms with Gasteiger partial charge in [0.25, 0.3) is 0 Å². The van der Waals surface area contributed by atoms with Crippen LogP contribution in [0, 0.1) is 0 Å². The molecule has 0 fully saturated rings. The largest absolute Gasteiger partial charge is 0.392 e. The van der Waals surface area contributed by atoms with E-state index in [1.165, 1.54) is 11.1 Å². The Labute approximate surface area is 125 Å². The van der Waals surface area contributed by atoms with E-state index in [4.69, 9.17) is 16.7 Å². The summed E-state index contributed by atoms with van der Waals surface area (Å²) in [4.78, 5) is 0. The summed E-state index contributed by atoms with van der Waals surface area (Å²) < 4.78 is 0. The Bertz CT molecular complexity index is 556. The van der Waals surface area contributed by atoms with E-state index >= 15 is 0 Å². The molecule has 2 aromatic rings. The minimum atomic E-state index is 0.0827. The molecule has 0 amide bonds. The standard InChI is InChI=1S/C17H20ClNO/c1-2-17(15-7-4-8-16(18)10-15)19-11-13-5-3-6-14(9-13)12-20/h3-10,17,19-20H,2,11-12H2,1H3. The van der Waals surface area contributed by atoms with Crippen molar-refractivity contribution in [2.24, 2.45) is 0 Å². The zero-order chi connectivity index (χ0) is 14.4. The van der Waals surface area contributed by atoms with Crippen LogP contribution in [0.5, 0.6) is 0 Å². The number of rotatable bonds is 6. The summed E-state index contributed by atoms with van der Waals surface area (Å²) in [6, 6.07) is 16.3. The van der Waals surface area contributed by atoms with E-state index in [1.807, 2.05) is 36.4 Å². The fourth-order valence-corrected chi connectivity index (χ4v) is 2.50. The quantitative estimate of drug-likeness (QED) is 0.840. The fourth-order valence-electron chi connectivity index (χ4n) is 2.30. The fraction of sp³-hybridized carbons (Fsp3) is 0.294. The maximum absolute atomic E-state index is 9.16. The lowest BCUT2D eigenvalue weighted by Crippen LogP contribution is -2.20. The highest BCUT2D eigenvalue weighted by Crippen LogP contribution is 2.20. The van der Waals surface area contributed by atoms with Gasteiger partial charge in [0.2, 0.25) is 0 Å². The maximum atomic E-state index is 9.16. The second-order valence-electron chi connectivity index (χ2n) is 4.87. The van der Waals surface area contributed by atoms with Crippen LogP contribution in [0.25, 0.3) is 0 Å². The third kappa shape index (κ3) is 4.07. The van der Waals surface area contributed by atoms with Crippen LogP contribution in [0.1, 0.15) is 36.1 Å². The third-order valence-electron chi connectivity index (χ3n) is 3.39. The predicted octanol–water partition coefficient (Wildman–Crippen LogP) is 4.07. The zero-order valence-electron chi connectivity index (χ0n) is 11.6. The van der Waals surface area contributed by atoms with Crippen molar-refractivity contribution < 1.29 is 5.11 Å². The topological polar surface area (TPSA) is 32.3 Å². The second kappa shape index (κ2) is 7.44. The Kier molecular flexibility index (Phi) is 5.60. The second-order valence-corrected chi connectivity index (χ2v) is 5.31. The molecule has 3 heteroatoms. The number of hydrogen-bond acceptors (Lipinski definition) is 2. The molecule has 0 aliphatic rings. The lowest BCUT2D eigenvalue weighted by atomic mass is 10.0. The maximum Gasteiger partial charge on any atom is 0.0681 e. The molecule has 0 saturated carbocycles. The molecule has 0 aliphatic carbocycles. The molecule has 2 aromatic carbocycles. The summed E-state index contributed by atoms with van der Waals surface area (Å²) in [5.41, 5.74) is 3.33. The zero-order valence-corrected chi connectivity index (χ0v) is 12.4. The van der Waals surface area contributed by atoms with Gasteiger partial charge in [0.1, 0.15) is 0 Å². The molecule has 0 bridgehead atoms. The first-order valence-corrected chi connectivity index (χ1v) is 7.28. The molecular formula is C17H20ClNO. The minimum absolute atomic E-state index is 0.0827. The van der Waals surface area contributed by atoms with Gasteiger partial charge >= 0.3 is 0 Å². The minimum Gasteiger partial charge on any atom is -0.392 e. The Hall–Kier alpha value is -1.35. The van der Waals surface area contributed by atoms with Gasteiger partial charge in [-0.25, -0.2) is 0 Å². The van der Waals surface area contributed by atoms with Crippen LogP contribution in [-0.2, 0) is 13.2 Å². The monoisotopic (exact) mass is 289 g/mol. The molecule has 1 atom stereocenters. The van der Waals surface area contributed by atoms with Crippen molar-refractivity contribution in [3.05, 3.63) is 70.2 Å². The summed E-state index contributed by atoms with van der Waals surface area (Å²) in [5, 5.41) is 13.5. The third-order valence-corrected chi connectivity index (χ3v) is 3.62. The van der Waals surface area contributed by atoms with Crippen LogP contribution in [0.4, 0.5) is 0 Å². The highest BCUT2D eigenvalue weighted by Gasteiger charge is 2.09. The molecule has 2 N–H and O–H groups in total. The van der Waals surface area contributed by atoms with Crippen LogP contribution in [0.3, 0.4) is 0 Å². The SMILES string of the molecule is CCC(NCc1cccc(CO)c1)c1cccc(Cl)c1. The molecule has 0 aromatic heterocycles. The van der Waals surface area contributed by atoms with Crippen LogP contribution >= 0.6 is 11.6 Å². The van der Waals surface area contributed by atoms with Crippen molar-refractivity contribution in [1.29, 1.82) is 0 Å². The Morgan fingerprint density at radius 2 is 1.85 bits per heavy atom. The molecule has 106 valence electrons. The molecule has 0 saturated heterocycles. The van der Waals surface area contributed by atoms with E-state index in [2.05, 4.69) is 24.4 Å². The average Bonchev–Trinajstić information content (AvgIpc) is 2.48. The lowest BCUT2D eigenvalue weighted by molar-refractivity contribution is 0.281. The Balaban J connectivity index is 2.03. The summed E-state index contributed by atoms with van der Waals surface area (Å²) in [6.07, 6.45) is 1.00. The van der Waals surface area contributed by atoms with E-state index in [1.54, 1.807) is 0 Å². The molecular weight excluding hydrogens is 270 g/mol. The van der Waals surface area contributed by atoms with Gasteiger partial charge in [-0.2, -0.15) is 0 Å². The molecule has 2 rings (SSSR count). The number of nitrogens with one attached hydrogen (secondary N) is 1. The first-order valence-electron chi connectivity index (χ1n) is 6.90. The highest BCUT2D eigenvalue weighted by atomic mass is 35.5. The lowest BCUT2D eigenvalue weighted by Gasteiger charge is -2.18. The van der Waals surface area contributed by atoms with Crippen LogP contribution in [0.2, 0.25) is 5.02 Å².